The molecule has 2 aromatic carbocycles. The van der Waals surface area contributed by atoms with Crippen molar-refractivity contribution in [2.75, 3.05) is 32.0 Å². The molecule has 3 N–H and O–H groups in total. The van der Waals surface area contributed by atoms with E-state index >= 15 is 0 Å². The van der Waals surface area contributed by atoms with E-state index in [1.165, 1.54) is 11.3 Å². The Labute approximate surface area is 167 Å². The van der Waals surface area contributed by atoms with Crippen LogP contribution in [0.25, 0.3) is 11.3 Å². The lowest BCUT2D eigenvalue weighted by atomic mass is 10.1. The summed E-state index contributed by atoms with van der Waals surface area (Å²) in [6, 6.07) is 14.8. The second-order valence-corrected chi connectivity index (χ2v) is 7.34. The highest BCUT2D eigenvalue weighted by atomic mass is 32.1. The third-order valence-corrected chi connectivity index (χ3v) is 5.53. The fraction of sp³-hybridized carbons (Fsp3) is 0.190. The van der Waals surface area contributed by atoms with Gasteiger partial charge in [0.05, 0.1) is 24.6 Å². The molecule has 0 bridgehead atoms. The molecule has 0 aliphatic carbocycles. The number of hydrogen-bond acceptors (Lipinski definition) is 6. The maximum Gasteiger partial charge on any atom is 0.254 e. The van der Waals surface area contributed by atoms with Crippen molar-refractivity contribution in [3.8, 4) is 11.3 Å². The number of anilines is 1. The van der Waals surface area contributed by atoms with Crippen molar-refractivity contribution in [1.82, 2.24) is 9.88 Å². The van der Waals surface area contributed by atoms with Crippen molar-refractivity contribution < 1.29 is 9.53 Å². The summed E-state index contributed by atoms with van der Waals surface area (Å²) in [6.07, 6.45) is 0. The summed E-state index contributed by atoms with van der Waals surface area (Å²) in [5.41, 5.74) is 9.88. The van der Waals surface area contributed by atoms with Gasteiger partial charge in [-0.25, -0.2) is 4.98 Å². The molecule has 0 radical (unpaired) electrons. The number of amides is 1. The standard InChI is InChI=1S/C21H20N4O2S/c22-17-4-2-1-3-16(17)19(23)20-24-18(13-28-20)14-5-7-15(8-6-14)21(26)25-9-11-27-12-10-25/h1-8,13,23H,9-12,22H2. The topological polar surface area (TPSA) is 92.3 Å². The summed E-state index contributed by atoms with van der Waals surface area (Å²) in [4.78, 5) is 18.9. The maximum atomic E-state index is 12.5. The molecule has 0 spiro atoms. The van der Waals surface area contributed by atoms with E-state index in [-0.39, 0.29) is 5.91 Å². The zero-order chi connectivity index (χ0) is 19.5. The van der Waals surface area contributed by atoms with E-state index in [0.29, 0.717) is 53.8 Å². The molecule has 0 atom stereocenters. The molecule has 1 aliphatic heterocycles. The van der Waals surface area contributed by atoms with E-state index in [4.69, 9.17) is 15.9 Å². The van der Waals surface area contributed by atoms with Crippen LogP contribution in [0.3, 0.4) is 0 Å². The maximum absolute atomic E-state index is 12.5. The molecule has 0 saturated carbocycles. The Kier molecular flexibility index (Phi) is 5.18. The number of rotatable bonds is 4. The molecule has 6 nitrogen and oxygen atoms in total. The number of carbonyl (C=O) groups is 1. The first-order valence-corrected chi connectivity index (χ1v) is 9.88. The second kappa shape index (κ2) is 7.92. The van der Waals surface area contributed by atoms with Crippen LogP contribution in [0.4, 0.5) is 5.69 Å². The van der Waals surface area contributed by atoms with E-state index in [9.17, 15) is 4.79 Å². The SMILES string of the molecule is N=C(c1nc(-c2ccc(C(=O)N3CCOCC3)cc2)cs1)c1ccccc1N. The molecule has 1 amide bonds. The lowest BCUT2D eigenvalue weighted by Gasteiger charge is -2.26. The predicted molar refractivity (Wildman–Crippen MR) is 111 cm³/mol. The number of benzene rings is 2. The van der Waals surface area contributed by atoms with Gasteiger partial charge >= 0.3 is 0 Å². The van der Waals surface area contributed by atoms with Crippen molar-refractivity contribution in [1.29, 1.82) is 5.41 Å². The number of hydrogen-bond donors (Lipinski definition) is 2. The summed E-state index contributed by atoms with van der Waals surface area (Å²) < 4.78 is 5.30. The molecule has 1 fully saturated rings. The average molecular weight is 392 g/mol. The molecule has 2 heterocycles. The number of nitrogens with one attached hydrogen (secondary N) is 1. The van der Waals surface area contributed by atoms with E-state index in [0.717, 1.165) is 11.3 Å². The summed E-state index contributed by atoms with van der Waals surface area (Å²) in [6.45, 7) is 2.42. The monoisotopic (exact) mass is 392 g/mol. The summed E-state index contributed by atoms with van der Waals surface area (Å²) in [5.74, 6) is 0.0233. The van der Waals surface area contributed by atoms with Gasteiger partial charge in [0.1, 0.15) is 5.01 Å². The molecule has 142 valence electrons. The number of ether oxygens (including phenoxy) is 1. The van der Waals surface area contributed by atoms with Gasteiger partial charge < -0.3 is 15.4 Å². The quantitative estimate of drug-likeness (QED) is 0.526. The predicted octanol–water partition coefficient (Wildman–Crippen LogP) is 3.28. The highest BCUT2D eigenvalue weighted by Gasteiger charge is 2.19. The van der Waals surface area contributed by atoms with Gasteiger partial charge in [-0.05, 0) is 18.2 Å². The molecule has 1 saturated heterocycles. The minimum Gasteiger partial charge on any atom is -0.398 e. The summed E-state index contributed by atoms with van der Waals surface area (Å²) in [7, 11) is 0. The molecule has 7 heteroatoms. The van der Waals surface area contributed by atoms with Gasteiger partial charge in [-0.15, -0.1) is 11.3 Å². The Morgan fingerprint density at radius 1 is 1.11 bits per heavy atom. The Morgan fingerprint density at radius 2 is 1.82 bits per heavy atom. The van der Waals surface area contributed by atoms with Crippen molar-refractivity contribution in [2.45, 2.75) is 0 Å². The first-order chi connectivity index (χ1) is 13.6. The van der Waals surface area contributed by atoms with E-state index in [2.05, 4.69) is 4.98 Å². The first-order valence-electron chi connectivity index (χ1n) is 9.00. The number of morpholine rings is 1. The number of nitrogen functional groups attached to an aromatic ring is 1. The highest BCUT2D eigenvalue weighted by Crippen LogP contribution is 2.25. The normalized spacial score (nSPS) is 14.1. The van der Waals surface area contributed by atoms with Crippen molar-refractivity contribution >= 4 is 28.6 Å². The average Bonchev–Trinajstić information content (AvgIpc) is 3.24. The van der Waals surface area contributed by atoms with Crippen LogP contribution in [-0.2, 0) is 4.74 Å². The molecule has 4 rings (SSSR count). The minimum absolute atomic E-state index is 0.0233. The Balaban J connectivity index is 1.52. The third kappa shape index (κ3) is 3.67. The fourth-order valence-corrected chi connectivity index (χ4v) is 3.88. The van der Waals surface area contributed by atoms with Crippen LogP contribution < -0.4 is 5.73 Å². The Morgan fingerprint density at radius 3 is 2.54 bits per heavy atom. The van der Waals surface area contributed by atoms with Crippen LogP contribution in [0.1, 0.15) is 20.9 Å². The zero-order valence-corrected chi connectivity index (χ0v) is 16.0. The van der Waals surface area contributed by atoms with Gasteiger partial charge in [0.2, 0.25) is 0 Å². The lowest BCUT2D eigenvalue weighted by Crippen LogP contribution is -2.40. The van der Waals surface area contributed by atoms with Crippen molar-refractivity contribution in [3.63, 3.8) is 0 Å². The van der Waals surface area contributed by atoms with Gasteiger partial charge in [0.25, 0.3) is 5.91 Å². The first kappa shape index (κ1) is 18.3. The Hall–Kier alpha value is -3.03. The van der Waals surface area contributed by atoms with Gasteiger partial charge in [0.15, 0.2) is 0 Å². The summed E-state index contributed by atoms with van der Waals surface area (Å²) >= 11 is 1.41. The second-order valence-electron chi connectivity index (χ2n) is 6.48. The van der Waals surface area contributed by atoms with E-state index in [1.807, 2.05) is 52.7 Å². The zero-order valence-electron chi connectivity index (χ0n) is 15.2. The fourth-order valence-electron chi connectivity index (χ4n) is 3.09. The van der Waals surface area contributed by atoms with Gasteiger partial charge in [-0.1, -0.05) is 30.3 Å². The number of thiazole rings is 1. The summed E-state index contributed by atoms with van der Waals surface area (Å²) in [5, 5.41) is 10.9. The molecule has 1 aliphatic rings. The van der Waals surface area contributed by atoms with Crippen molar-refractivity contribution in [2.24, 2.45) is 0 Å². The van der Waals surface area contributed by atoms with Gasteiger partial charge in [-0.2, -0.15) is 0 Å². The largest absolute Gasteiger partial charge is 0.398 e. The van der Waals surface area contributed by atoms with Gasteiger partial charge in [0, 0.05) is 40.8 Å². The Bertz CT molecular complexity index is 1010. The molecule has 3 aromatic rings. The molecule has 1 aromatic heterocycles. The third-order valence-electron chi connectivity index (χ3n) is 4.67. The number of nitrogens with two attached hydrogens (primary N) is 1. The minimum atomic E-state index is 0.0233. The molecular weight excluding hydrogens is 372 g/mol. The highest BCUT2D eigenvalue weighted by molar-refractivity contribution is 7.12. The number of para-hydroxylation sites is 1. The molecule has 0 unspecified atom stereocenters. The number of aromatic nitrogens is 1. The van der Waals surface area contributed by atoms with Crippen LogP contribution in [0.2, 0.25) is 0 Å². The van der Waals surface area contributed by atoms with Crippen molar-refractivity contribution in [3.05, 3.63) is 70.0 Å². The van der Waals surface area contributed by atoms with Crippen LogP contribution in [0.5, 0.6) is 0 Å². The van der Waals surface area contributed by atoms with Crippen LogP contribution in [0, 0.1) is 5.41 Å². The number of carbonyl (C=O) groups excluding carboxylic acids is 1. The molecular formula is C21H20N4O2S. The van der Waals surface area contributed by atoms with Crippen LogP contribution >= 0.6 is 11.3 Å². The van der Waals surface area contributed by atoms with Crippen LogP contribution in [0.15, 0.2) is 53.9 Å². The number of nitrogens with zero attached hydrogens (tertiary/aromatic N) is 2. The van der Waals surface area contributed by atoms with Crippen LogP contribution in [-0.4, -0.2) is 47.8 Å². The smallest absolute Gasteiger partial charge is 0.254 e. The van der Waals surface area contributed by atoms with Gasteiger partial charge in [-0.3, -0.25) is 10.2 Å². The lowest BCUT2D eigenvalue weighted by molar-refractivity contribution is 0.0303. The molecule has 28 heavy (non-hydrogen) atoms. The van der Waals surface area contributed by atoms with E-state index in [1.54, 1.807) is 6.07 Å². The van der Waals surface area contributed by atoms with E-state index < -0.39 is 0 Å².